The summed E-state index contributed by atoms with van der Waals surface area (Å²) < 4.78 is 11.1. The monoisotopic (exact) mass is 587 g/mol. The van der Waals surface area contributed by atoms with Gasteiger partial charge in [-0.25, -0.2) is 0 Å². The van der Waals surface area contributed by atoms with Crippen molar-refractivity contribution in [1.29, 1.82) is 0 Å². The van der Waals surface area contributed by atoms with E-state index in [-0.39, 0.29) is 0 Å². The molecule has 0 saturated heterocycles. The molecule has 0 saturated carbocycles. The fourth-order valence-electron chi connectivity index (χ4n) is 7.97. The minimum atomic E-state index is 0.903. The Balaban J connectivity index is 1.29. The second kappa shape index (κ2) is 8.68. The first-order valence-electron chi connectivity index (χ1n) is 15.7. The molecule has 7 aromatic carbocycles. The number of rotatable bonds is 2. The normalized spacial score (nSPS) is 12.7. The minimum Gasteiger partial charge on any atom is -0.456 e. The van der Waals surface area contributed by atoms with Gasteiger partial charge in [0.05, 0.1) is 39.1 Å². The van der Waals surface area contributed by atoms with Crippen molar-refractivity contribution in [2.45, 2.75) is 0 Å². The molecule has 4 heterocycles. The topological polar surface area (TPSA) is 26.2 Å². The SMILES string of the molecule is c1ccc(-n2c3ccccc3c3c2ccc2c4cccc5c4n(c23)-c2ccccc2N5c2ccc3oc4ccccc4c3c2)cc1. The molecule has 46 heavy (non-hydrogen) atoms. The first kappa shape index (κ1) is 24.1. The molecule has 0 fully saturated rings. The van der Waals surface area contributed by atoms with Crippen LogP contribution in [0.2, 0.25) is 0 Å². The number of nitrogens with zero attached hydrogens (tertiary/aromatic N) is 3. The fourth-order valence-corrected chi connectivity index (χ4v) is 7.97. The lowest BCUT2D eigenvalue weighted by molar-refractivity contribution is 0.669. The van der Waals surface area contributed by atoms with Crippen LogP contribution in [0.1, 0.15) is 0 Å². The second-order valence-electron chi connectivity index (χ2n) is 12.2. The highest BCUT2D eigenvalue weighted by Crippen LogP contribution is 2.52. The maximum Gasteiger partial charge on any atom is 0.135 e. The molecule has 3 aromatic heterocycles. The van der Waals surface area contributed by atoms with Crippen LogP contribution in [-0.2, 0) is 0 Å². The van der Waals surface area contributed by atoms with Crippen LogP contribution in [0.3, 0.4) is 0 Å². The number of para-hydroxylation sites is 6. The lowest BCUT2D eigenvalue weighted by Crippen LogP contribution is -2.18. The maximum atomic E-state index is 6.20. The molecule has 0 spiro atoms. The van der Waals surface area contributed by atoms with Gasteiger partial charge in [0.2, 0.25) is 0 Å². The molecular formula is C42H25N3O. The minimum absolute atomic E-state index is 0.903. The third-order valence-corrected chi connectivity index (χ3v) is 9.80. The number of aromatic nitrogens is 2. The summed E-state index contributed by atoms with van der Waals surface area (Å²) in [5, 5.41) is 7.29. The highest BCUT2D eigenvalue weighted by molar-refractivity contribution is 6.28. The van der Waals surface area contributed by atoms with Crippen LogP contribution >= 0.6 is 0 Å². The Bertz CT molecular complexity index is 2870. The molecule has 10 aromatic rings. The Morgan fingerprint density at radius 3 is 1.98 bits per heavy atom. The van der Waals surface area contributed by atoms with Gasteiger partial charge in [0.25, 0.3) is 0 Å². The maximum absolute atomic E-state index is 6.20. The van der Waals surface area contributed by atoms with Crippen molar-refractivity contribution in [2.75, 3.05) is 4.90 Å². The summed E-state index contributed by atoms with van der Waals surface area (Å²) in [6, 6.07) is 54.5. The van der Waals surface area contributed by atoms with Crippen LogP contribution in [0.15, 0.2) is 156 Å². The predicted octanol–water partition coefficient (Wildman–Crippen LogP) is 11.6. The van der Waals surface area contributed by atoms with Crippen LogP contribution in [-0.4, -0.2) is 9.13 Å². The van der Waals surface area contributed by atoms with Crippen molar-refractivity contribution in [3.05, 3.63) is 152 Å². The molecule has 4 nitrogen and oxygen atoms in total. The van der Waals surface area contributed by atoms with Crippen molar-refractivity contribution in [2.24, 2.45) is 0 Å². The van der Waals surface area contributed by atoms with Crippen molar-refractivity contribution >= 4 is 82.6 Å². The molecule has 0 radical (unpaired) electrons. The van der Waals surface area contributed by atoms with Crippen molar-refractivity contribution in [1.82, 2.24) is 9.13 Å². The molecular weight excluding hydrogens is 562 g/mol. The third-order valence-electron chi connectivity index (χ3n) is 9.80. The zero-order chi connectivity index (χ0) is 29.9. The summed E-state index contributed by atoms with van der Waals surface area (Å²) in [5.74, 6) is 0. The second-order valence-corrected chi connectivity index (χ2v) is 12.2. The van der Waals surface area contributed by atoms with Crippen molar-refractivity contribution < 1.29 is 4.42 Å². The number of hydrogen-bond donors (Lipinski definition) is 0. The molecule has 1 aliphatic heterocycles. The molecule has 11 rings (SSSR count). The molecule has 1 aliphatic rings. The standard InChI is InChI=1S/C42H25N3O/c1-2-11-26(12-3-1)43-33-16-6-4-14-31(33)40-36(43)23-22-30-29-15-10-19-37-41(29)45(42(30)40)35-18-8-7-17-34(35)44(37)27-21-24-39-32(25-27)28-13-5-9-20-38(28)46-39/h1-25H. The lowest BCUT2D eigenvalue weighted by Gasteiger charge is -2.33. The molecule has 0 unspecified atom stereocenters. The first-order valence-corrected chi connectivity index (χ1v) is 15.7. The van der Waals surface area contributed by atoms with E-state index in [1.807, 2.05) is 12.1 Å². The number of hydrogen-bond acceptors (Lipinski definition) is 2. The van der Waals surface area contributed by atoms with Crippen molar-refractivity contribution in [3.63, 3.8) is 0 Å². The number of furan rings is 1. The summed E-state index contributed by atoms with van der Waals surface area (Å²) in [7, 11) is 0. The van der Waals surface area contributed by atoms with Crippen molar-refractivity contribution in [3.8, 4) is 11.4 Å². The van der Waals surface area contributed by atoms with Gasteiger partial charge in [-0.1, -0.05) is 84.9 Å². The third kappa shape index (κ3) is 2.98. The van der Waals surface area contributed by atoms with Gasteiger partial charge in [-0.2, -0.15) is 0 Å². The van der Waals surface area contributed by atoms with Gasteiger partial charge in [0.15, 0.2) is 0 Å². The summed E-state index contributed by atoms with van der Waals surface area (Å²) in [4.78, 5) is 2.42. The molecule has 4 heteroatoms. The van der Waals surface area contributed by atoms with E-state index in [9.17, 15) is 0 Å². The quantitative estimate of drug-likeness (QED) is 0.201. The Labute approximate surface area is 263 Å². The van der Waals surface area contributed by atoms with Crippen LogP contribution in [0.4, 0.5) is 17.1 Å². The van der Waals surface area contributed by atoms with E-state index in [0.717, 1.165) is 39.0 Å². The predicted molar refractivity (Wildman–Crippen MR) is 191 cm³/mol. The number of fused-ring (bicyclic) bond motifs is 12. The Morgan fingerprint density at radius 1 is 0.370 bits per heavy atom. The molecule has 214 valence electrons. The molecule has 0 bridgehead atoms. The van der Waals surface area contributed by atoms with Gasteiger partial charge in [-0.05, 0) is 66.7 Å². The number of anilines is 3. The van der Waals surface area contributed by atoms with Gasteiger partial charge >= 0.3 is 0 Å². The van der Waals surface area contributed by atoms with Gasteiger partial charge in [-0.3, -0.25) is 0 Å². The average molecular weight is 588 g/mol. The van der Waals surface area contributed by atoms with E-state index in [1.54, 1.807) is 0 Å². The molecule has 0 aliphatic carbocycles. The van der Waals surface area contributed by atoms with E-state index < -0.39 is 0 Å². The Hall–Kier alpha value is -6.26. The molecule has 0 N–H and O–H groups in total. The Kier molecular flexibility index (Phi) is 4.55. The fraction of sp³-hybridized carbons (Fsp3) is 0. The summed E-state index contributed by atoms with van der Waals surface area (Å²) in [6.07, 6.45) is 0. The van der Waals surface area contributed by atoms with Crippen LogP contribution in [0, 0.1) is 0 Å². The van der Waals surface area contributed by atoms with Gasteiger partial charge in [-0.15, -0.1) is 0 Å². The highest BCUT2D eigenvalue weighted by Gasteiger charge is 2.30. The summed E-state index contributed by atoms with van der Waals surface area (Å²) >= 11 is 0. The Morgan fingerprint density at radius 2 is 1.07 bits per heavy atom. The average Bonchev–Trinajstić information content (AvgIpc) is 3.77. The van der Waals surface area contributed by atoms with Gasteiger partial charge in [0, 0.05) is 43.7 Å². The first-order chi connectivity index (χ1) is 22.8. The van der Waals surface area contributed by atoms with E-state index in [1.165, 1.54) is 55.0 Å². The van der Waals surface area contributed by atoms with E-state index >= 15 is 0 Å². The highest BCUT2D eigenvalue weighted by atomic mass is 16.3. The van der Waals surface area contributed by atoms with Crippen LogP contribution in [0.5, 0.6) is 0 Å². The zero-order valence-electron chi connectivity index (χ0n) is 24.7. The number of benzene rings is 7. The molecule has 0 atom stereocenters. The van der Waals surface area contributed by atoms with Gasteiger partial charge in [0.1, 0.15) is 11.2 Å². The summed E-state index contributed by atoms with van der Waals surface area (Å²) in [6.45, 7) is 0. The summed E-state index contributed by atoms with van der Waals surface area (Å²) in [5.41, 5.74) is 12.5. The van der Waals surface area contributed by atoms with Crippen LogP contribution < -0.4 is 4.90 Å². The molecule has 0 amide bonds. The van der Waals surface area contributed by atoms with Crippen LogP contribution in [0.25, 0.3) is 76.9 Å². The van der Waals surface area contributed by atoms with E-state index in [2.05, 4.69) is 154 Å². The smallest absolute Gasteiger partial charge is 0.135 e. The van der Waals surface area contributed by atoms with Gasteiger partial charge < -0.3 is 18.5 Å². The largest absolute Gasteiger partial charge is 0.456 e. The van der Waals surface area contributed by atoms with E-state index in [0.29, 0.717) is 0 Å². The van der Waals surface area contributed by atoms with E-state index in [4.69, 9.17) is 4.42 Å². The lowest BCUT2D eigenvalue weighted by atomic mass is 10.1. The zero-order valence-corrected chi connectivity index (χ0v) is 24.7.